The van der Waals surface area contributed by atoms with Crippen molar-refractivity contribution >= 4 is 23.6 Å². The fraction of sp³-hybridized carbons (Fsp3) is 0.467. The van der Waals surface area contributed by atoms with E-state index in [-0.39, 0.29) is 36.1 Å². The standard InChI is InChI=1S/C30H35N3O5/c1-3-31-27(34)20-11-5-6-12-21(20)28(35)32-17-16-19-10-9-15-25(38-4-2)26(19)24(32)18-33-29(36)22-13-7-8-14-23(22)30(33)37/h7-10,13-15,20-21,24H,3-6,11-12,16-18H2,1-2H3,(H,31,34)/t20-,21+,24+/m0/s1. The Hall–Kier alpha value is -3.68. The van der Waals surface area contributed by atoms with Crippen molar-refractivity contribution in [3.05, 3.63) is 64.7 Å². The minimum Gasteiger partial charge on any atom is -0.494 e. The Morgan fingerprint density at radius 3 is 2.29 bits per heavy atom. The first kappa shape index (κ1) is 25.9. The van der Waals surface area contributed by atoms with Gasteiger partial charge in [0.25, 0.3) is 11.8 Å². The number of carbonyl (C=O) groups excluding carboxylic acids is 4. The zero-order valence-corrected chi connectivity index (χ0v) is 22.1. The van der Waals surface area contributed by atoms with Crippen LogP contribution in [-0.2, 0) is 16.0 Å². The lowest BCUT2D eigenvalue weighted by molar-refractivity contribution is -0.146. The summed E-state index contributed by atoms with van der Waals surface area (Å²) in [7, 11) is 0. The quantitative estimate of drug-likeness (QED) is 0.565. The van der Waals surface area contributed by atoms with Crippen LogP contribution in [0.5, 0.6) is 5.75 Å². The maximum absolute atomic E-state index is 14.2. The van der Waals surface area contributed by atoms with E-state index in [0.717, 1.165) is 24.0 Å². The molecule has 38 heavy (non-hydrogen) atoms. The van der Waals surface area contributed by atoms with E-state index < -0.39 is 12.0 Å². The molecule has 1 N–H and O–H groups in total. The minimum absolute atomic E-state index is 0.0354. The third-order valence-electron chi connectivity index (χ3n) is 8.08. The van der Waals surface area contributed by atoms with Crippen LogP contribution >= 0.6 is 0 Å². The van der Waals surface area contributed by atoms with Gasteiger partial charge in [0.05, 0.1) is 30.3 Å². The minimum atomic E-state index is -0.562. The number of nitrogens with zero attached hydrogens (tertiary/aromatic N) is 2. The molecular weight excluding hydrogens is 482 g/mol. The average Bonchev–Trinajstić information content (AvgIpc) is 3.18. The topological polar surface area (TPSA) is 96.0 Å². The SMILES string of the molecule is CCNC(=O)[C@H]1CCCC[C@H]1C(=O)N1CCc2cccc(OCC)c2[C@H]1CN1C(=O)c2ccccc2C1=O. The summed E-state index contributed by atoms with van der Waals surface area (Å²) in [4.78, 5) is 56.8. The molecule has 8 nitrogen and oxygen atoms in total. The summed E-state index contributed by atoms with van der Waals surface area (Å²) in [6.45, 7) is 5.25. The van der Waals surface area contributed by atoms with Gasteiger partial charge in [-0.05, 0) is 56.9 Å². The Balaban J connectivity index is 1.52. The first-order chi connectivity index (χ1) is 18.5. The molecule has 0 radical (unpaired) electrons. The lowest BCUT2D eigenvalue weighted by Gasteiger charge is -2.42. The summed E-state index contributed by atoms with van der Waals surface area (Å²) in [5.74, 6) is -1.00. The van der Waals surface area contributed by atoms with Crippen LogP contribution < -0.4 is 10.1 Å². The molecule has 2 aliphatic heterocycles. The second-order valence-electron chi connectivity index (χ2n) is 10.2. The van der Waals surface area contributed by atoms with Gasteiger partial charge in [-0.3, -0.25) is 24.1 Å². The lowest BCUT2D eigenvalue weighted by atomic mass is 9.77. The number of carbonyl (C=O) groups is 4. The predicted molar refractivity (Wildman–Crippen MR) is 142 cm³/mol. The molecule has 0 spiro atoms. The van der Waals surface area contributed by atoms with Crippen LogP contribution in [0.4, 0.5) is 0 Å². The predicted octanol–water partition coefficient (Wildman–Crippen LogP) is 3.75. The Kier molecular flexibility index (Phi) is 7.49. The van der Waals surface area contributed by atoms with Gasteiger partial charge in [-0.1, -0.05) is 37.1 Å². The van der Waals surface area contributed by atoms with E-state index in [0.29, 0.717) is 55.8 Å². The van der Waals surface area contributed by atoms with E-state index in [1.54, 1.807) is 29.2 Å². The average molecular weight is 518 g/mol. The van der Waals surface area contributed by atoms with Crippen molar-refractivity contribution in [1.29, 1.82) is 0 Å². The smallest absolute Gasteiger partial charge is 0.261 e. The fourth-order valence-electron chi connectivity index (χ4n) is 6.31. The molecule has 1 fully saturated rings. The molecule has 2 aromatic carbocycles. The molecular formula is C30H35N3O5. The van der Waals surface area contributed by atoms with Crippen molar-refractivity contribution in [3.63, 3.8) is 0 Å². The normalized spacial score (nSPS) is 22.6. The summed E-state index contributed by atoms with van der Waals surface area (Å²) in [5, 5.41) is 2.91. The van der Waals surface area contributed by atoms with E-state index in [9.17, 15) is 19.2 Å². The second kappa shape index (κ2) is 11.0. The lowest BCUT2D eigenvalue weighted by Crippen LogP contribution is -2.51. The monoisotopic (exact) mass is 517 g/mol. The second-order valence-corrected chi connectivity index (χ2v) is 10.2. The number of rotatable bonds is 7. The maximum atomic E-state index is 14.2. The summed E-state index contributed by atoms with van der Waals surface area (Å²) in [6, 6.07) is 12.1. The molecule has 0 unspecified atom stereocenters. The van der Waals surface area contributed by atoms with Crippen molar-refractivity contribution in [1.82, 2.24) is 15.1 Å². The summed E-state index contributed by atoms with van der Waals surface area (Å²) < 4.78 is 5.99. The maximum Gasteiger partial charge on any atom is 0.261 e. The molecule has 2 aromatic rings. The van der Waals surface area contributed by atoms with E-state index in [1.165, 1.54) is 4.90 Å². The van der Waals surface area contributed by atoms with Gasteiger partial charge in [0.1, 0.15) is 5.75 Å². The first-order valence-corrected chi connectivity index (χ1v) is 13.7. The van der Waals surface area contributed by atoms with Gasteiger partial charge in [0.2, 0.25) is 11.8 Å². The van der Waals surface area contributed by atoms with E-state index in [4.69, 9.17) is 4.74 Å². The largest absolute Gasteiger partial charge is 0.494 e. The van der Waals surface area contributed by atoms with Gasteiger partial charge in [0, 0.05) is 30.5 Å². The fourth-order valence-corrected chi connectivity index (χ4v) is 6.31. The molecule has 200 valence electrons. The van der Waals surface area contributed by atoms with Crippen LogP contribution in [0.3, 0.4) is 0 Å². The molecule has 8 heteroatoms. The molecule has 4 amide bonds. The van der Waals surface area contributed by atoms with Crippen molar-refractivity contribution in [2.24, 2.45) is 11.8 Å². The van der Waals surface area contributed by atoms with Crippen LogP contribution in [0.1, 0.15) is 77.4 Å². The molecule has 0 bridgehead atoms. The molecule has 1 aliphatic carbocycles. The molecule has 0 aromatic heterocycles. The Morgan fingerprint density at radius 2 is 1.63 bits per heavy atom. The van der Waals surface area contributed by atoms with Gasteiger partial charge >= 0.3 is 0 Å². The van der Waals surface area contributed by atoms with Crippen molar-refractivity contribution in [3.8, 4) is 5.75 Å². The first-order valence-electron chi connectivity index (χ1n) is 13.7. The Labute approximate surface area is 223 Å². The Morgan fingerprint density at radius 1 is 0.947 bits per heavy atom. The summed E-state index contributed by atoms with van der Waals surface area (Å²) >= 11 is 0. The third-order valence-corrected chi connectivity index (χ3v) is 8.08. The van der Waals surface area contributed by atoms with Crippen molar-refractivity contribution in [2.75, 3.05) is 26.2 Å². The number of nitrogens with one attached hydrogen (secondary N) is 1. The van der Waals surface area contributed by atoms with Crippen LogP contribution in [0.2, 0.25) is 0 Å². The van der Waals surface area contributed by atoms with Crippen molar-refractivity contribution in [2.45, 2.75) is 52.0 Å². The molecule has 5 rings (SSSR count). The zero-order chi connectivity index (χ0) is 26.8. The molecule has 2 heterocycles. The zero-order valence-electron chi connectivity index (χ0n) is 22.1. The van der Waals surface area contributed by atoms with Gasteiger partial charge in [-0.2, -0.15) is 0 Å². The number of benzene rings is 2. The highest BCUT2D eigenvalue weighted by molar-refractivity contribution is 6.21. The van der Waals surface area contributed by atoms with E-state index in [2.05, 4.69) is 5.32 Å². The van der Waals surface area contributed by atoms with Crippen LogP contribution in [0, 0.1) is 11.8 Å². The molecule has 1 saturated carbocycles. The summed E-state index contributed by atoms with van der Waals surface area (Å²) in [6.07, 6.45) is 3.78. The number of hydrogen-bond acceptors (Lipinski definition) is 5. The highest BCUT2D eigenvalue weighted by Gasteiger charge is 2.44. The highest BCUT2D eigenvalue weighted by Crippen LogP contribution is 2.41. The van der Waals surface area contributed by atoms with Crippen LogP contribution in [-0.4, -0.2) is 59.7 Å². The third kappa shape index (κ3) is 4.57. The number of fused-ring (bicyclic) bond motifs is 2. The van der Waals surface area contributed by atoms with Gasteiger partial charge in [-0.15, -0.1) is 0 Å². The number of imide groups is 1. The van der Waals surface area contributed by atoms with E-state index in [1.807, 2.05) is 32.0 Å². The number of ether oxygens (including phenoxy) is 1. The molecule has 3 aliphatic rings. The van der Waals surface area contributed by atoms with Gasteiger partial charge < -0.3 is 15.0 Å². The summed E-state index contributed by atoms with van der Waals surface area (Å²) in [5.41, 5.74) is 2.66. The van der Waals surface area contributed by atoms with E-state index >= 15 is 0 Å². The van der Waals surface area contributed by atoms with Gasteiger partial charge in [0.15, 0.2) is 0 Å². The number of amides is 4. The Bertz CT molecular complexity index is 1220. The highest BCUT2D eigenvalue weighted by atomic mass is 16.5. The van der Waals surface area contributed by atoms with Crippen molar-refractivity contribution < 1.29 is 23.9 Å². The molecule has 3 atom stereocenters. The van der Waals surface area contributed by atoms with Gasteiger partial charge in [-0.25, -0.2) is 0 Å². The van der Waals surface area contributed by atoms with Crippen LogP contribution in [0.25, 0.3) is 0 Å². The van der Waals surface area contributed by atoms with Crippen LogP contribution in [0.15, 0.2) is 42.5 Å². The molecule has 0 saturated heterocycles. The number of hydrogen-bond donors (Lipinski definition) is 1.